The Labute approximate surface area is 118 Å². The molecule has 0 fully saturated rings. The van der Waals surface area contributed by atoms with E-state index in [1.165, 1.54) is 0 Å². The van der Waals surface area contributed by atoms with Gasteiger partial charge in [-0.05, 0) is 49.6 Å². The molecule has 0 saturated carbocycles. The molecule has 1 heterocycles. The maximum Gasteiger partial charge on any atom is 0.335 e. The predicted molar refractivity (Wildman–Crippen MR) is 76.9 cm³/mol. The molecule has 0 bridgehead atoms. The molecule has 1 aliphatic rings. The summed E-state index contributed by atoms with van der Waals surface area (Å²) < 4.78 is 0. The van der Waals surface area contributed by atoms with Crippen molar-refractivity contribution in [2.45, 2.75) is 26.2 Å². The van der Waals surface area contributed by atoms with Crippen LogP contribution in [0.4, 0.5) is 5.69 Å². The smallest absolute Gasteiger partial charge is 0.335 e. The Morgan fingerprint density at radius 2 is 2.20 bits per heavy atom. The number of fused-ring (bicyclic) bond motifs is 1. The summed E-state index contributed by atoms with van der Waals surface area (Å²) >= 11 is 0. The largest absolute Gasteiger partial charge is 0.478 e. The highest BCUT2D eigenvalue weighted by Gasteiger charge is 2.28. The predicted octanol–water partition coefficient (Wildman–Crippen LogP) is 1.65. The molecular weight excluding hydrogens is 256 g/mol. The van der Waals surface area contributed by atoms with Gasteiger partial charge in [-0.2, -0.15) is 0 Å². The Morgan fingerprint density at radius 3 is 2.85 bits per heavy atom. The van der Waals surface area contributed by atoms with E-state index in [4.69, 9.17) is 10.8 Å². The molecule has 108 valence electrons. The normalized spacial score (nSPS) is 15.0. The number of rotatable bonds is 5. The quantitative estimate of drug-likeness (QED) is 0.856. The number of hydrogen-bond donors (Lipinski definition) is 2. The van der Waals surface area contributed by atoms with Crippen LogP contribution in [-0.2, 0) is 11.2 Å². The van der Waals surface area contributed by atoms with E-state index in [9.17, 15) is 9.59 Å². The van der Waals surface area contributed by atoms with Crippen LogP contribution in [0.3, 0.4) is 0 Å². The summed E-state index contributed by atoms with van der Waals surface area (Å²) in [7, 11) is 0. The fraction of sp³-hybridized carbons (Fsp3) is 0.467. The standard InChI is InChI=1S/C15H20N2O3/c1-10(3-2-7-16)14(18)17-8-6-11-9-12(15(19)20)4-5-13(11)17/h4-5,9-10H,2-3,6-8,16H2,1H3,(H,19,20). The first-order chi connectivity index (χ1) is 9.54. The Hall–Kier alpha value is -1.88. The van der Waals surface area contributed by atoms with E-state index in [-0.39, 0.29) is 17.4 Å². The Kier molecular flexibility index (Phi) is 4.39. The van der Waals surface area contributed by atoms with Gasteiger partial charge in [0.2, 0.25) is 5.91 Å². The van der Waals surface area contributed by atoms with Gasteiger partial charge in [-0.1, -0.05) is 6.92 Å². The van der Waals surface area contributed by atoms with Crippen LogP contribution in [-0.4, -0.2) is 30.1 Å². The van der Waals surface area contributed by atoms with E-state index >= 15 is 0 Å². The van der Waals surface area contributed by atoms with Gasteiger partial charge in [0.05, 0.1) is 5.56 Å². The van der Waals surface area contributed by atoms with E-state index in [0.717, 1.165) is 24.1 Å². The third-order valence-electron chi connectivity index (χ3n) is 3.75. The molecule has 1 aromatic carbocycles. The van der Waals surface area contributed by atoms with Gasteiger partial charge < -0.3 is 15.7 Å². The van der Waals surface area contributed by atoms with E-state index in [2.05, 4.69) is 0 Å². The summed E-state index contributed by atoms with van der Waals surface area (Å²) in [6, 6.07) is 4.95. The third-order valence-corrected chi connectivity index (χ3v) is 3.75. The lowest BCUT2D eigenvalue weighted by atomic mass is 10.0. The Morgan fingerprint density at radius 1 is 1.45 bits per heavy atom. The minimum atomic E-state index is -0.936. The van der Waals surface area contributed by atoms with Crippen LogP contribution in [0.15, 0.2) is 18.2 Å². The number of amides is 1. The first kappa shape index (κ1) is 14.5. The number of carbonyl (C=O) groups excluding carboxylic acids is 1. The first-order valence-corrected chi connectivity index (χ1v) is 6.92. The van der Waals surface area contributed by atoms with Crippen LogP contribution in [0.2, 0.25) is 0 Å². The minimum absolute atomic E-state index is 0.0522. The monoisotopic (exact) mass is 276 g/mol. The number of nitrogens with zero attached hydrogens (tertiary/aromatic N) is 1. The van der Waals surface area contributed by atoms with Crippen LogP contribution in [0.25, 0.3) is 0 Å². The van der Waals surface area contributed by atoms with Gasteiger partial charge in [-0.3, -0.25) is 4.79 Å². The summed E-state index contributed by atoms with van der Waals surface area (Å²) in [5.74, 6) is -0.891. The SMILES string of the molecule is CC(CCCN)C(=O)N1CCc2cc(C(=O)O)ccc21. The Bertz CT molecular complexity index is 528. The molecule has 1 atom stereocenters. The van der Waals surface area contributed by atoms with Crippen molar-refractivity contribution in [1.29, 1.82) is 0 Å². The summed E-state index contributed by atoms with van der Waals surface area (Å²) in [6.45, 7) is 3.14. The van der Waals surface area contributed by atoms with Crippen molar-refractivity contribution in [2.24, 2.45) is 11.7 Å². The molecule has 5 nitrogen and oxygen atoms in total. The molecule has 5 heteroatoms. The number of hydrogen-bond acceptors (Lipinski definition) is 3. The van der Waals surface area contributed by atoms with E-state index < -0.39 is 5.97 Å². The van der Waals surface area contributed by atoms with Crippen molar-refractivity contribution in [3.8, 4) is 0 Å². The molecule has 2 rings (SSSR count). The number of nitrogens with two attached hydrogens (primary N) is 1. The topological polar surface area (TPSA) is 83.6 Å². The average Bonchev–Trinajstić information content (AvgIpc) is 2.86. The van der Waals surface area contributed by atoms with E-state index in [1.807, 2.05) is 6.92 Å². The molecule has 0 radical (unpaired) electrons. The second kappa shape index (κ2) is 6.05. The van der Waals surface area contributed by atoms with Crippen LogP contribution in [0.5, 0.6) is 0 Å². The first-order valence-electron chi connectivity index (χ1n) is 6.92. The van der Waals surface area contributed by atoms with Crippen molar-refractivity contribution < 1.29 is 14.7 Å². The number of carbonyl (C=O) groups is 2. The van der Waals surface area contributed by atoms with Crippen LogP contribution >= 0.6 is 0 Å². The summed E-state index contributed by atoms with van der Waals surface area (Å²) in [6.07, 6.45) is 2.34. The average molecular weight is 276 g/mol. The van der Waals surface area contributed by atoms with Crippen molar-refractivity contribution in [3.63, 3.8) is 0 Å². The lowest BCUT2D eigenvalue weighted by Gasteiger charge is -2.21. The highest BCUT2D eigenvalue weighted by Crippen LogP contribution is 2.30. The fourth-order valence-electron chi connectivity index (χ4n) is 2.58. The highest BCUT2D eigenvalue weighted by atomic mass is 16.4. The summed E-state index contributed by atoms with van der Waals surface area (Å²) in [5, 5.41) is 8.98. The van der Waals surface area contributed by atoms with Crippen molar-refractivity contribution >= 4 is 17.6 Å². The molecule has 1 unspecified atom stereocenters. The number of benzene rings is 1. The number of anilines is 1. The van der Waals surface area contributed by atoms with Gasteiger partial charge in [0.15, 0.2) is 0 Å². The van der Waals surface area contributed by atoms with E-state index in [0.29, 0.717) is 19.5 Å². The lowest BCUT2D eigenvalue weighted by molar-refractivity contribution is -0.122. The Balaban J connectivity index is 2.15. The van der Waals surface area contributed by atoms with Crippen LogP contribution in [0.1, 0.15) is 35.7 Å². The number of carboxylic acid groups (broad SMARTS) is 1. The van der Waals surface area contributed by atoms with Gasteiger partial charge in [-0.15, -0.1) is 0 Å². The summed E-state index contributed by atoms with van der Waals surface area (Å²) in [4.78, 5) is 25.1. The lowest BCUT2D eigenvalue weighted by Crippen LogP contribution is -2.33. The zero-order valence-electron chi connectivity index (χ0n) is 11.6. The van der Waals surface area contributed by atoms with Gasteiger partial charge in [0.1, 0.15) is 0 Å². The molecule has 0 aliphatic carbocycles. The molecule has 0 aromatic heterocycles. The molecule has 20 heavy (non-hydrogen) atoms. The third kappa shape index (κ3) is 2.82. The molecule has 0 spiro atoms. The van der Waals surface area contributed by atoms with Crippen molar-refractivity contribution in [1.82, 2.24) is 0 Å². The zero-order chi connectivity index (χ0) is 14.7. The van der Waals surface area contributed by atoms with E-state index in [1.54, 1.807) is 23.1 Å². The number of carboxylic acids is 1. The van der Waals surface area contributed by atoms with Gasteiger partial charge >= 0.3 is 5.97 Å². The molecule has 3 N–H and O–H groups in total. The molecule has 1 amide bonds. The molecular formula is C15H20N2O3. The van der Waals surface area contributed by atoms with Gasteiger partial charge in [-0.25, -0.2) is 4.79 Å². The van der Waals surface area contributed by atoms with Crippen molar-refractivity contribution in [3.05, 3.63) is 29.3 Å². The summed E-state index contributed by atoms with van der Waals surface area (Å²) in [5.41, 5.74) is 7.53. The fourth-order valence-corrected chi connectivity index (χ4v) is 2.58. The molecule has 1 aromatic rings. The minimum Gasteiger partial charge on any atom is -0.478 e. The molecule has 1 aliphatic heterocycles. The maximum absolute atomic E-state index is 12.4. The van der Waals surface area contributed by atoms with Crippen LogP contribution < -0.4 is 10.6 Å². The number of aromatic carboxylic acids is 1. The van der Waals surface area contributed by atoms with Gasteiger partial charge in [0.25, 0.3) is 0 Å². The zero-order valence-corrected chi connectivity index (χ0v) is 11.6. The van der Waals surface area contributed by atoms with Crippen LogP contribution in [0, 0.1) is 5.92 Å². The van der Waals surface area contributed by atoms with Gasteiger partial charge in [0, 0.05) is 18.2 Å². The second-order valence-electron chi connectivity index (χ2n) is 5.22. The molecule has 0 saturated heterocycles. The second-order valence-corrected chi connectivity index (χ2v) is 5.22. The highest BCUT2D eigenvalue weighted by molar-refractivity contribution is 5.98. The van der Waals surface area contributed by atoms with Crippen molar-refractivity contribution in [2.75, 3.05) is 18.0 Å². The maximum atomic E-state index is 12.4.